The van der Waals surface area contributed by atoms with Gasteiger partial charge >= 0.3 is 0 Å². The van der Waals surface area contributed by atoms with Crippen LogP contribution in [0.15, 0.2) is 58.7 Å². The first-order chi connectivity index (χ1) is 15.0. The summed E-state index contributed by atoms with van der Waals surface area (Å²) in [6.07, 6.45) is 0.300. The monoisotopic (exact) mass is 439 g/mol. The topological polar surface area (TPSA) is 82.5 Å². The summed E-state index contributed by atoms with van der Waals surface area (Å²) in [6, 6.07) is 12.5. The number of hydrogen-bond donors (Lipinski definition) is 1. The van der Waals surface area contributed by atoms with Gasteiger partial charge in [0.05, 0.1) is 30.7 Å². The van der Waals surface area contributed by atoms with Crippen molar-refractivity contribution in [1.29, 1.82) is 0 Å². The normalized spacial score (nSPS) is 10.8. The minimum absolute atomic E-state index is 0.177. The van der Waals surface area contributed by atoms with E-state index in [0.717, 1.165) is 9.55 Å². The number of aromatic nitrogens is 2. The van der Waals surface area contributed by atoms with Gasteiger partial charge in [-0.15, -0.1) is 11.3 Å². The van der Waals surface area contributed by atoms with Crippen molar-refractivity contribution in [2.75, 3.05) is 19.6 Å². The molecular formula is C22H18FN3O4S. The predicted octanol–water partition coefficient (Wildman–Crippen LogP) is 3.59. The Morgan fingerprint density at radius 3 is 2.55 bits per heavy atom. The highest BCUT2D eigenvalue weighted by molar-refractivity contribution is 7.09. The molecule has 0 aliphatic heterocycles. The molecule has 0 aliphatic rings. The molecule has 4 aromatic rings. The van der Waals surface area contributed by atoms with Crippen LogP contribution in [0.1, 0.15) is 21.1 Å². The Balaban J connectivity index is 1.88. The number of ether oxygens (including phenoxy) is 2. The number of thiophene rings is 1. The molecule has 2 heterocycles. The third-order valence-electron chi connectivity index (χ3n) is 4.69. The maximum absolute atomic E-state index is 14.1. The van der Waals surface area contributed by atoms with Crippen LogP contribution in [0.4, 0.5) is 4.39 Å². The van der Waals surface area contributed by atoms with E-state index in [1.54, 1.807) is 12.1 Å². The zero-order chi connectivity index (χ0) is 22.0. The SMILES string of the molecule is COc1cc2nc(Cc3cccs3)n(NC(=O)c3ccccc3F)c(=O)c2cc1OC. The summed E-state index contributed by atoms with van der Waals surface area (Å²) in [6.45, 7) is 0. The maximum atomic E-state index is 14.1. The van der Waals surface area contributed by atoms with Gasteiger partial charge in [-0.1, -0.05) is 18.2 Å². The van der Waals surface area contributed by atoms with Gasteiger partial charge in [0.25, 0.3) is 11.5 Å². The molecule has 2 aromatic heterocycles. The molecule has 0 radical (unpaired) electrons. The van der Waals surface area contributed by atoms with Crippen molar-refractivity contribution in [2.45, 2.75) is 6.42 Å². The number of carbonyl (C=O) groups is 1. The summed E-state index contributed by atoms with van der Waals surface area (Å²) < 4.78 is 25.7. The number of halogens is 1. The third-order valence-corrected chi connectivity index (χ3v) is 5.56. The van der Waals surface area contributed by atoms with E-state index in [4.69, 9.17) is 9.47 Å². The van der Waals surface area contributed by atoms with E-state index >= 15 is 0 Å². The fourth-order valence-electron chi connectivity index (χ4n) is 3.17. The Hall–Kier alpha value is -3.72. The van der Waals surface area contributed by atoms with Crippen molar-refractivity contribution < 1.29 is 18.7 Å². The van der Waals surface area contributed by atoms with Crippen molar-refractivity contribution in [3.8, 4) is 11.5 Å². The molecule has 31 heavy (non-hydrogen) atoms. The maximum Gasteiger partial charge on any atom is 0.280 e. The van der Waals surface area contributed by atoms with Gasteiger partial charge in [0.1, 0.15) is 11.6 Å². The van der Waals surface area contributed by atoms with Crippen LogP contribution in [0.25, 0.3) is 10.9 Å². The molecule has 0 atom stereocenters. The van der Waals surface area contributed by atoms with E-state index in [2.05, 4.69) is 10.4 Å². The van der Waals surface area contributed by atoms with Gasteiger partial charge in [-0.05, 0) is 29.6 Å². The number of fused-ring (bicyclic) bond motifs is 1. The molecule has 9 heteroatoms. The molecule has 1 N–H and O–H groups in total. The van der Waals surface area contributed by atoms with Crippen LogP contribution in [0, 0.1) is 5.82 Å². The Morgan fingerprint density at radius 2 is 1.87 bits per heavy atom. The molecule has 1 amide bonds. The number of nitrogens with one attached hydrogen (secondary N) is 1. The number of nitrogens with zero attached hydrogens (tertiary/aromatic N) is 2. The summed E-state index contributed by atoms with van der Waals surface area (Å²) in [7, 11) is 2.95. The van der Waals surface area contributed by atoms with Crippen LogP contribution >= 0.6 is 11.3 Å². The van der Waals surface area contributed by atoms with Crippen molar-refractivity contribution in [1.82, 2.24) is 9.66 Å². The molecule has 0 saturated carbocycles. The van der Waals surface area contributed by atoms with Gasteiger partial charge in [0.2, 0.25) is 0 Å². The quantitative estimate of drug-likeness (QED) is 0.497. The molecule has 0 spiro atoms. The van der Waals surface area contributed by atoms with Crippen molar-refractivity contribution in [3.63, 3.8) is 0 Å². The highest BCUT2D eigenvalue weighted by Crippen LogP contribution is 2.30. The zero-order valence-electron chi connectivity index (χ0n) is 16.7. The van der Waals surface area contributed by atoms with Crippen molar-refractivity contribution in [3.05, 3.63) is 86.3 Å². The van der Waals surface area contributed by atoms with Crippen LogP contribution in [0.2, 0.25) is 0 Å². The third kappa shape index (κ3) is 3.99. The number of methoxy groups -OCH3 is 2. The Bertz CT molecular complexity index is 1320. The average molecular weight is 439 g/mol. The Labute approximate surface area is 180 Å². The van der Waals surface area contributed by atoms with E-state index < -0.39 is 17.3 Å². The molecular weight excluding hydrogens is 421 g/mol. The molecule has 158 valence electrons. The highest BCUT2D eigenvalue weighted by Gasteiger charge is 2.19. The second kappa shape index (κ2) is 8.57. The minimum Gasteiger partial charge on any atom is -0.493 e. The predicted molar refractivity (Wildman–Crippen MR) is 116 cm³/mol. The number of rotatable bonds is 6. The van der Waals surface area contributed by atoms with Crippen LogP contribution in [0.3, 0.4) is 0 Å². The van der Waals surface area contributed by atoms with E-state index in [-0.39, 0.29) is 10.9 Å². The molecule has 0 aliphatic carbocycles. The van der Waals surface area contributed by atoms with E-state index in [9.17, 15) is 14.0 Å². The molecule has 4 rings (SSSR count). The van der Waals surface area contributed by atoms with Gasteiger partial charge in [0.15, 0.2) is 11.5 Å². The van der Waals surface area contributed by atoms with E-state index in [1.165, 1.54) is 49.8 Å². The molecule has 2 aromatic carbocycles. The molecule has 0 fully saturated rings. The van der Waals surface area contributed by atoms with Crippen LogP contribution in [0.5, 0.6) is 11.5 Å². The van der Waals surface area contributed by atoms with Crippen molar-refractivity contribution >= 4 is 28.1 Å². The molecule has 0 saturated heterocycles. The summed E-state index contributed by atoms with van der Waals surface area (Å²) >= 11 is 1.50. The first kappa shape index (κ1) is 20.5. The van der Waals surface area contributed by atoms with Crippen molar-refractivity contribution in [2.24, 2.45) is 0 Å². The number of benzene rings is 2. The summed E-state index contributed by atoms with van der Waals surface area (Å²) in [5.74, 6) is -0.358. The standard InChI is InChI=1S/C22H18FN3O4S/c1-29-18-11-15-17(12-19(18)30-2)24-20(10-13-6-5-9-31-13)26(22(15)28)25-21(27)14-7-3-4-8-16(14)23/h3-9,11-12H,10H2,1-2H3,(H,25,27). The number of hydrogen-bond acceptors (Lipinski definition) is 6. The summed E-state index contributed by atoms with van der Waals surface area (Å²) in [4.78, 5) is 31.6. The van der Waals surface area contributed by atoms with Crippen LogP contribution < -0.4 is 20.5 Å². The van der Waals surface area contributed by atoms with E-state index in [0.29, 0.717) is 29.3 Å². The fraction of sp³-hybridized carbons (Fsp3) is 0.136. The van der Waals surface area contributed by atoms with Gasteiger partial charge in [-0.25, -0.2) is 14.1 Å². The van der Waals surface area contributed by atoms with E-state index in [1.807, 2.05) is 17.5 Å². The average Bonchev–Trinajstić information content (AvgIpc) is 3.29. The van der Waals surface area contributed by atoms with Gasteiger partial charge in [0, 0.05) is 17.4 Å². The highest BCUT2D eigenvalue weighted by atomic mass is 32.1. The summed E-state index contributed by atoms with van der Waals surface area (Å²) in [5, 5.41) is 2.13. The second-order valence-corrected chi connectivity index (χ2v) is 7.60. The molecule has 0 bridgehead atoms. The fourth-order valence-corrected chi connectivity index (χ4v) is 3.87. The first-order valence-corrected chi connectivity index (χ1v) is 10.2. The van der Waals surface area contributed by atoms with Crippen LogP contribution in [-0.2, 0) is 6.42 Å². The van der Waals surface area contributed by atoms with Gasteiger partial charge in [-0.3, -0.25) is 15.0 Å². The minimum atomic E-state index is -0.755. The van der Waals surface area contributed by atoms with Crippen LogP contribution in [-0.4, -0.2) is 29.8 Å². The lowest BCUT2D eigenvalue weighted by atomic mass is 10.2. The Kier molecular flexibility index (Phi) is 5.68. The first-order valence-electron chi connectivity index (χ1n) is 9.27. The smallest absolute Gasteiger partial charge is 0.280 e. The molecule has 0 unspecified atom stereocenters. The number of carbonyl (C=O) groups excluding carboxylic acids is 1. The Morgan fingerprint density at radius 1 is 1.13 bits per heavy atom. The lowest BCUT2D eigenvalue weighted by Gasteiger charge is -2.16. The summed E-state index contributed by atoms with van der Waals surface area (Å²) in [5.41, 5.74) is 2.21. The second-order valence-electron chi connectivity index (χ2n) is 6.57. The lowest BCUT2D eigenvalue weighted by Crippen LogP contribution is -2.36. The number of amides is 1. The largest absolute Gasteiger partial charge is 0.493 e. The van der Waals surface area contributed by atoms with Gasteiger partial charge in [-0.2, -0.15) is 0 Å². The lowest BCUT2D eigenvalue weighted by molar-refractivity contribution is 0.100. The van der Waals surface area contributed by atoms with Gasteiger partial charge < -0.3 is 9.47 Å². The zero-order valence-corrected chi connectivity index (χ0v) is 17.5. The molecule has 7 nitrogen and oxygen atoms in total.